The van der Waals surface area contributed by atoms with Crippen molar-refractivity contribution in [3.05, 3.63) is 0 Å². The monoisotopic (exact) mass is 246 g/mol. The molecule has 0 aromatic carbocycles. The van der Waals surface area contributed by atoms with Crippen LogP contribution in [-0.2, 0) is 14.6 Å². The molecule has 1 N–H and O–H groups in total. The molecule has 0 atom stereocenters. The van der Waals surface area contributed by atoms with E-state index in [4.69, 9.17) is 16.2 Å². The lowest BCUT2D eigenvalue weighted by atomic mass is 10.6. The van der Waals surface area contributed by atoms with Gasteiger partial charge in [0.2, 0.25) is 0 Å². The molecule has 6 nitrogen and oxygen atoms in total. The minimum Gasteiger partial charge on any atom is -0.277 e. The molecule has 0 amide bonds. The molecular weight excluding hydrogens is 232 g/mol. The Bertz CT molecular complexity index is 249. The average Bonchev–Trinajstić information content (AvgIpc) is 2.36. The summed E-state index contributed by atoms with van der Waals surface area (Å²) < 4.78 is 29.7. The highest BCUT2D eigenvalue weighted by Crippen LogP contribution is 2.12. The van der Waals surface area contributed by atoms with Crippen LogP contribution in [0.15, 0.2) is 0 Å². The third kappa shape index (κ3) is 5.74. The van der Waals surface area contributed by atoms with Gasteiger partial charge in [-0.05, 0) is 14.1 Å². The van der Waals surface area contributed by atoms with Crippen molar-refractivity contribution < 1.29 is 17.2 Å². The molecule has 0 aliphatic carbocycles. The van der Waals surface area contributed by atoms with Crippen molar-refractivity contribution in [3.8, 4) is 0 Å². The summed E-state index contributed by atoms with van der Waals surface area (Å²) in [4.78, 5) is 4.23. The molecule has 0 aromatic rings. The molecule has 86 valence electrons. The lowest BCUT2D eigenvalue weighted by molar-refractivity contribution is 0.273. The Kier molecular flexibility index (Phi) is 5.87. The Labute approximate surface area is 89.3 Å². The topological polar surface area (TPSA) is 70.1 Å². The molecule has 0 radical (unpaired) electrons. The van der Waals surface area contributed by atoms with Gasteiger partial charge in [0.25, 0.3) is 0 Å². The molecule has 14 heavy (non-hydrogen) atoms. The summed E-state index contributed by atoms with van der Waals surface area (Å²) in [6.07, 6.45) is 0. The van der Waals surface area contributed by atoms with E-state index in [2.05, 4.69) is 14.0 Å². The molecular formula is C6H15ClN2O4S. The second kappa shape index (κ2) is 5.84. The van der Waals surface area contributed by atoms with E-state index in [1.54, 1.807) is 0 Å². The minimum absolute atomic E-state index is 0.120. The number of likely N-dealkylation sites (N-methyl/N-ethyl adjacent to an activating group) is 2. The maximum Gasteiger partial charge on any atom is 0.397 e. The fourth-order valence-electron chi connectivity index (χ4n) is 0.865. The van der Waals surface area contributed by atoms with Gasteiger partial charge >= 0.3 is 10.4 Å². The lowest BCUT2D eigenvalue weighted by Gasteiger charge is -2.16. The summed E-state index contributed by atoms with van der Waals surface area (Å²) in [7, 11) is 0.766. The Morgan fingerprint density at radius 1 is 1.36 bits per heavy atom. The van der Waals surface area contributed by atoms with Crippen molar-refractivity contribution in [2.45, 2.75) is 5.62 Å². The number of halogens is 1. The van der Waals surface area contributed by atoms with E-state index in [1.165, 1.54) is 0 Å². The molecule has 1 aliphatic heterocycles. The van der Waals surface area contributed by atoms with Crippen molar-refractivity contribution in [1.82, 2.24) is 9.80 Å². The Morgan fingerprint density at radius 3 is 1.71 bits per heavy atom. The highest BCUT2D eigenvalue weighted by molar-refractivity contribution is 7.80. The minimum atomic E-state index is -4.16. The van der Waals surface area contributed by atoms with Gasteiger partial charge in [-0.25, -0.2) is 0 Å². The zero-order valence-electron chi connectivity index (χ0n) is 8.34. The predicted octanol–water partition coefficient (Wildman–Crippen LogP) is -0.178. The standard InChI is InChI=1S/C5H11ClN2.CH4O4S/c1-7-3-4-8(2)5(7)6;1-5-6(2,3)4/h5H,3-4H2,1-2H3;1H3,(H,2,3,4). The summed E-state index contributed by atoms with van der Waals surface area (Å²) in [6.45, 7) is 2.18. The number of hydrogen-bond donors (Lipinski definition) is 1. The first-order valence-electron chi connectivity index (χ1n) is 3.85. The maximum absolute atomic E-state index is 9.33. The summed E-state index contributed by atoms with van der Waals surface area (Å²) in [6, 6.07) is 0. The molecule has 1 rings (SSSR count). The van der Waals surface area contributed by atoms with Crippen molar-refractivity contribution in [2.24, 2.45) is 0 Å². The van der Waals surface area contributed by atoms with E-state index in [9.17, 15) is 8.42 Å². The molecule has 8 heteroatoms. The second-order valence-electron chi connectivity index (χ2n) is 2.87. The van der Waals surface area contributed by atoms with Gasteiger partial charge in [0.1, 0.15) is 5.62 Å². The van der Waals surface area contributed by atoms with Gasteiger partial charge in [-0.2, -0.15) is 8.42 Å². The first-order chi connectivity index (χ1) is 6.28. The van der Waals surface area contributed by atoms with E-state index in [1.807, 2.05) is 14.1 Å². The summed E-state index contributed by atoms with van der Waals surface area (Å²) >= 11 is 5.86. The van der Waals surface area contributed by atoms with Crippen LogP contribution in [0.5, 0.6) is 0 Å². The van der Waals surface area contributed by atoms with Crippen LogP contribution in [0.2, 0.25) is 0 Å². The molecule has 1 heterocycles. The van der Waals surface area contributed by atoms with Crippen LogP contribution in [0.1, 0.15) is 0 Å². The van der Waals surface area contributed by atoms with E-state index in [0.717, 1.165) is 20.2 Å². The zero-order valence-corrected chi connectivity index (χ0v) is 9.92. The van der Waals surface area contributed by atoms with E-state index in [-0.39, 0.29) is 5.62 Å². The lowest BCUT2D eigenvalue weighted by Crippen LogP contribution is -2.28. The summed E-state index contributed by atoms with van der Waals surface area (Å²) in [5, 5.41) is 0. The maximum atomic E-state index is 9.33. The van der Waals surface area contributed by atoms with Crippen LogP contribution in [0.4, 0.5) is 0 Å². The largest absolute Gasteiger partial charge is 0.397 e. The summed E-state index contributed by atoms with van der Waals surface area (Å²) in [5.74, 6) is 0. The highest BCUT2D eigenvalue weighted by atomic mass is 35.5. The molecule has 0 spiro atoms. The fraction of sp³-hybridized carbons (Fsp3) is 1.00. The van der Waals surface area contributed by atoms with Crippen LogP contribution in [-0.4, -0.2) is 62.7 Å². The third-order valence-corrected chi connectivity index (χ3v) is 2.83. The van der Waals surface area contributed by atoms with Crippen molar-refractivity contribution in [3.63, 3.8) is 0 Å². The highest BCUT2D eigenvalue weighted by Gasteiger charge is 2.22. The molecule has 0 bridgehead atoms. The number of nitrogens with zero attached hydrogens (tertiary/aromatic N) is 2. The Hall–Kier alpha value is 0.0800. The van der Waals surface area contributed by atoms with Crippen LogP contribution < -0.4 is 0 Å². The van der Waals surface area contributed by atoms with Gasteiger partial charge in [-0.15, -0.1) is 0 Å². The predicted molar refractivity (Wildman–Crippen MR) is 53.5 cm³/mol. The van der Waals surface area contributed by atoms with Gasteiger partial charge in [-0.1, -0.05) is 11.6 Å². The average molecular weight is 247 g/mol. The summed E-state index contributed by atoms with van der Waals surface area (Å²) in [5.41, 5.74) is 0.120. The Morgan fingerprint density at radius 2 is 1.64 bits per heavy atom. The first kappa shape index (κ1) is 14.1. The first-order valence-corrected chi connectivity index (χ1v) is 5.65. The smallest absolute Gasteiger partial charge is 0.277 e. The van der Waals surface area contributed by atoms with Gasteiger partial charge in [0, 0.05) is 13.1 Å². The molecule has 0 aromatic heterocycles. The third-order valence-electron chi connectivity index (χ3n) is 1.74. The van der Waals surface area contributed by atoms with Crippen LogP contribution in [0.25, 0.3) is 0 Å². The van der Waals surface area contributed by atoms with E-state index >= 15 is 0 Å². The Balaban J connectivity index is 0.000000255. The van der Waals surface area contributed by atoms with E-state index < -0.39 is 10.4 Å². The number of rotatable bonds is 1. The second-order valence-corrected chi connectivity index (χ2v) is 4.45. The van der Waals surface area contributed by atoms with Crippen molar-refractivity contribution >= 4 is 22.0 Å². The molecule has 1 fully saturated rings. The van der Waals surface area contributed by atoms with Crippen LogP contribution in [0.3, 0.4) is 0 Å². The van der Waals surface area contributed by atoms with Gasteiger partial charge in [-0.3, -0.25) is 18.5 Å². The normalized spacial score (nSPS) is 20.6. The van der Waals surface area contributed by atoms with Crippen LogP contribution >= 0.6 is 11.6 Å². The van der Waals surface area contributed by atoms with Gasteiger partial charge in [0.05, 0.1) is 7.11 Å². The number of alkyl halides is 1. The van der Waals surface area contributed by atoms with E-state index in [0.29, 0.717) is 0 Å². The fourth-order valence-corrected chi connectivity index (χ4v) is 1.06. The zero-order chi connectivity index (χ0) is 11.4. The molecule has 1 aliphatic rings. The van der Waals surface area contributed by atoms with Crippen molar-refractivity contribution in [2.75, 3.05) is 34.3 Å². The molecule has 1 saturated heterocycles. The van der Waals surface area contributed by atoms with Crippen LogP contribution in [0, 0.1) is 0 Å². The van der Waals surface area contributed by atoms with Gasteiger partial charge < -0.3 is 0 Å². The number of hydrogen-bond acceptors (Lipinski definition) is 5. The molecule has 0 saturated carbocycles. The van der Waals surface area contributed by atoms with Crippen molar-refractivity contribution in [1.29, 1.82) is 0 Å². The quantitative estimate of drug-likeness (QED) is 0.393. The SMILES string of the molecule is CN1CCN(C)C1Cl.COS(=O)(=O)O. The molecule has 0 unspecified atom stereocenters. The van der Waals surface area contributed by atoms with Gasteiger partial charge in [0.15, 0.2) is 0 Å².